The molecule has 0 saturated heterocycles. The van der Waals surface area contributed by atoms with E-state index in [0.29, 0.717) is 6.42 Å². The fraction of sp³-hybridized carbons (Fsp3) is 0.214. The molecule has 0 radical (unpaired) electrons. The van der Waals surface area contributed by atoms with Gasteiger partial charge in [-0.05, 0) is 17.0 Å². The van der Waals surface area contributed by atoms with E-state index in [1.54, 1.807) is 0 Å². The van der Waals surface area contributed by atoms with Crippen molar-refractivity contribution in [2.24, 2.45) is 0 Å². The molecule has 2 rings (SSSR count). The Hall–Kier alpha value is -1.43. The van der Waals surface area contributed by atoms with Crippen LogP contribution in [-0.4, -0.2) is 22.9 Å². The number of thiophene rings is 1. The lowest BCUT2D eigenvalue weighted by atomic mass is 9.66. The van der Waals surface area contributed by atoms with E-state index >= 15 is 0 Å². The second-order valence-electron chi connectivity index (χ2n) is 4.43. The number of Topliss-reactive ketones (excluding diaryl/α,β-unsaturated/α-hetero) is 1. The molecule has 2 N–H and O–H groups in total. The first kappa shape index (κ1) is 14.0. The fourth-order valence-corrected chi connectivity index (χ4v) is 2.75. The summed E-state index contributed by atoms with van der Waals surface area (Å²) in [5.74, 6) is -0.543. The van der Waals surface area contributed by atoms with Crippen LogP contribution in [0.4, 0.5) is 0 Å². The lowest BCUT2D eigenvalue weighted by molar-refractivity contribution is -0.118. The van der Waals surface area contributed by atoms with Crippen molar-refractivity contribution in [1.29, 1.82) is 0 Å². The standard InChI is InChI=1S/C14H15BO3S/c16-12(9-13-7-4-8-19-13)10-14(15(17)18)11-5-2-1-3-6-11/h1-8,14,17-18H,9-10H2. The average molecular weight is 274 g/mol. The number of carbonyl (C=O) groups is 1. The van der Waals surface area contributed by atoms with E-state index in [0.717, 1.165) is 10.4 Å². The molecule has 0 spiro atoms. The van der Waals surface area contributed by atoms with Crippen LogP contribution in [0, 0.1) is 0 Å². The number of benzene rings is 1. The van der Waals surface area contributed by atoms with Crippen molar-refractivity contribution >= 4 is 24.2 Å². The van der Waals surface area contributed by atoms with Gasteiger partial charge in [0.05, 0.1) is 0 Å². The van der Waals surface area contributed by atoms with Crippen LogP contribution in [-0.2, 0) is 11.2 Å². The van der Waals surface area contributed by atoms with Gasteiger partial charge in [0.1, 0.15) is 5.78 Å². The molecule has 0 aliphatic carbocycles. The molecular weight excluding hydrogens is 259 g/mol. The molecule has 0 bridgehead atoms. The Morgan fingerprint density at radius 1 is 1.16 bits per heavy atom. The van der Waals surface area contributed by atoms with Gasteiger partial charge in [0, 0.05) is 23.5 Å². The summed E-state index contributed by atoms with van der Waals surface area (Å²) in [5, 5.41) is 20.8. The molecule has 5 heteroatoms. The summed E-state index contributed by atoms with van der Waals surface area (Å²) < 4.78 is 0. The molecule has 1 aromatic heterocycles. The number of hydrogen-bond acceptors (Lipinski definition) is 4. The maximum Gasteiger partial charge on any atom is 0.459 e. The zero-order valence-electron chi connectivity index (χ0n) is 10.4. The van der Waals surface area contributed by atoms with Crippen molar-refractivity contribution in [3.63, 3.8) is 0 Å². The molecule has 0 saturated carbocycles. The first-order valence-electron chi connectivity index (χ1n) is 6.12. The van der Waals surface area contributed by atoms with E-state index in [-0.39, 0.29) is 12.2 Å². The topological polar surface area (TPSA) is 57.5 Å². The molecule has 1 aromatic carbocycles. The lowest BCUT2D eigenvalue weighted by Gasteiger charge is -2.15. The zero-order chi connectivity index (χ0) is 13.7. The third kappa shape index (κ3) is 4.03. The van der Waals surface area contributed by atoms with Gasteiger partial charge in [-0.3, -0.25) is 4.79 Å². The second kappa shape index (κ2) is 6.66. The van der Waals surface area contributed by atoms with Crippen LogP contribution in [0.1, 0.15) is 22.7 Å². The van der Waals surface area contributed by atoms with Crippen molar-refractivity contribution in [2.45, 2.75) is 18.7 Å². The molecular formula is C14H15BO3S. The molecule has 0 amide bonds. The fourth-order valence-electron chi connectivity index (χ4n) is 2.02. The Bertz CT molecular complexity index is 511. The highest BCUT2D eigenvalue weighted by atomic mass is 32.1. The van der Waals surface area contributed by atoms with Gasteiger partial charge in [0.2, 0.25) is 0 Å². The predicted octanol–water partition coefficient (Wildman–Crippen LogP) is 2.05. The Kier molecular flexibility index (Phi) is 4.90. The maximum atomic E-state index is 12.0. The van der Waals surface area contributed by atoms with Crippen LogP contribution in [0.3, 0.4) is 0 Å². The first-order chi connectivity index (χ1) is 9.16. The number of ketones is 1. The third-order valence-electron chi connectivity index (χ3n) is 2.99. The largest absolute Gasteiger partial charge is 0.459 e. The predicted molar refractivity (Wildman–Crippen MR) is 77.0 cm³/mol. The molecule has 0 fully saturated rings. The third-order valence-corrected chi connectivity index (χ3v) is 3.86. The highest BCUT2D eigenvalue weighted by molar-refractivity contribution is 7.10. The molecule has 1 unspecified atom stereocenters. The molecule has 98 valence electrons. The normalized spacial score (nSPS) is 12.1. The summed E-state index contributed by atoms with van der Waals surface area (Å²) in [6.07, 6.45) is 0.493. The summed E-state index contributed by atoms with van der Waals surface area (Å²) in [4.78, 5) is 13.0. The molecule has 3 nitrogen and oxygen atoms in total. The lowest BCUT2D eigenvalue weighted by Crippen LogP contribution is -2.26. The summed E-state index contributed by atoms with van der Waals surface area (Å²) in [6, 6.07) is 12.9. The zero-order valence-corrected chi connectivity index (χ0v) is 11.2. The SMILES string of the molecule is O=C(Cc1cccs1)CC(B(O)O)c1ccccc1. The van der Waals surface area contributed by atoms with Crippen LogP contribution in [0.2, 0.25) is 0 Å². The molecule has 1 atom stereocenters. The monoisotopic (exact) mass is 274 g/mol. The van der Waals surface area contributed by atoms with E-state index in [2.05, 4.69) is 0 Å². The van der Waals surface area contributed by atoms with Gasteiger partial charge in [0.15, 0.2) is 0 Å². The second-order valence-corrected chi connectivity index (χ2v) is 5.46. The Morgan fingerprint density at radius 2 is 1.89 bits per heavy atom. The number of carbonyl (C=O) groups excluding carboxylic acids is 1. The minimum atomic E-state index is -1.52. The van der Waals surface area contributed by atoms with E-state index in [1.807, 2.05) is 47.8 Å². The summed E-state index contributed by atoms with van der Waals surface area (Å²) >= 11 is 1.54. The van der Waals surface area contributed by atoms with Crippen molar-refractivity contribution < 1.29 is 14.8 Å². The van der Waals surface area contributed by atoms with E-state index < -0.39 is 12.9 Å². The molecule has 1 heterocycles. The van der Waals surface area contributed by atoms with Gasteiger partial charge in [-0.1, -0.05) is 36.4 Å². The Labute approximate surface area is 116 Å². The summed E-state index contributed by atoms with van der Waals surface area (Å²) in [6.45, 7) is 0. The average Bonchev–Trinajstić information content (AvgIpc) is 2.89. The molecule has 19 heavy (non-hydrogen) atoms. The van der Waals surface area contributed by atoms with Crippen LogP contribution in [0.25, 0.3) is 0 Å². The van der Waals surface area contributed by atoms with Gasteiger partial charge in [0.25, 0.3) is 0 Å². The quantitative estimate of drug-likeness (QED) is 0.792. The minimum absolute atomic E-state index is 0.0180. The number of hydrogen-bond donors (Lipinski definition) is 2. The highest BCUT2D eigenvalue weighted by Gasteiger charge is 2.27. The van der Waals surface area contributed by atoms with Crippen LogP contribution < -0.4 is 0 Å². The summed E-state index contributed by atoms with van der Waals surface area (Å²) in [7, 11) is -1.52. The van der Waals surface area contributed by atoms with Gasteiger partial charge in [-0.25, -0.2) is 0 Å². The molecule has 0 aliphatic heterocycles. The van der Waals surface area contributed by atoms with E-state index in [4.69, 9.17) is 0 Å². The Morgan fingerprint density at radius 3 is 2.47 bits per heavy atom. The summed E-state index contributed by atoms with van der Waals surface area (Å²) in [5.41, 5.74) is 0.775. The smallest absolute Gasteiger partial charge is 0.427 e. The van der Waals surface area contributed by atoms with E-state index in [1.165, 1.54) is 11.3 Å². The van der Waals surface area contributed by atoms with E-state index in [9.17, 15) is 14.8 Å². The van der Waals surface area contributed by atoms with Crippen molar-refractivity contribution in [3.8, 4) is 0 Å². The van der Waals surface area contributed by atoms with Crippen LogP contribution >= 0.6 is 11.3 Å². The van der Waals surface area contributed by atoms with Crippen LogP contribution in [0.5, 0.6) is 0 Å². The van der Waals surface area contributed by atoms with Gasteiger partial charge in [-0.2, -0.15) is 0 Å². The van der Waals surface area contributed by atoms with Crippen molar-refractivity contribution in [2.75, 3.05) is 0 Å². The van der Waals surface area contributed by atoms with Gasteiger partial charge < -0.3 is 10.0 Å². The minimum Gasteiger partial charge on any atom is -0.427 e. The van der Waals surface area contributed by atoms with Crippen LogP contribution in [0.15, 0.2) is 47.8 Å². The van der Waals surface area contributed by atoms with Gasteiger partial charge in [-0.15, -0.1) is 11.3 Å². The molecule has 2 aromatic rings. The van der Waals surface area contributed by atoms with Crippen molar-refractivity contribution in [1.82, 2.24) is 0 Å². The Balaban J connectivity index is 2.03. The molecule has 0 aliphatic rings. The highest BCUT2D eigenvalue weighted by Crippen LogP contribution is 2.22. The first-order valence-corrected chi connectivity index (χ1v) is 7.00. The maximum absolute atomic E-state index is 12.0. The van der Waals surface area contributed by atoms with Crippen molar-refractivity contribution in [3.05, 3.63) is 58.3 Å². The number of rotatable bonds is 6. The van der Waals surface area contributed by atoms with Gasteiger partial charge >= 0.3 is 7.12 Å².